The summed E-state index contributed by atoms with van der Waals surface area (Å²) >= 11 is 1.30. The van der Waals surface area contributed by atoms with Gasteiger partial charge in [0.25, 0.3) is 0 Å². The third-order valence-electron chi connectivity index (χ3n) is 1.64. The molecule has 1 aromatic heterocycles. The van der Waals surface area contributed by atoms with Crippen LogP contribution in [0.2, 0.25) is 0 Å². The Morgan fingerprint density at radius 1 is 1.77 bits per heavy atom. The minimum Gasteiger partial charge on any atom is -0.496 e. The van der Waals surface area contributed by atoms with E-state index >= 15 is 0 Å². The highest BCUT2D eigenvalue weighted by Crippen LogP contribution is 2.23. The van der Waals surface area contributed by atoms with Crippen LogP contribution < -0.4 is 4.74 Å². The molecule has 13 heavy (non-hydrogen) atoms. The maximum absolute atomic E-state index is 11.4. The van der Waals surface area contributed by atoms with Crippen LogP contribution in [0.25, 0.3) is 0 Å². The van der Waals surface area contributed by atoms with Gasteiger partial charge < -0.3 is 4.74 Å². The quantitative estimate of drug-likeness (QED) is 0.694. The molecular formula is C9H9NO2S. The van der Waals surface area contributed by atoms with Crippen molar-refractivity contribution < 1.29 is 9.53 Å². The third-order valence-corrected chi connectivity index (χ3v) is 2.56. The molecule has 0 radical (unpaired) electrons. The average Bonchev–Trinajstić information content (AvgIpc) is 2.63. The number of carbonyl (C=O) groups is 1. The molecule has 0 aliphatic heterocycles. The summed E-state index contributed by atoms with van der Waals surface area (Å²) in [6, 6.07) is 3.56. The average molecular weight is 195 g/mol. The first-order valence-electron chi connectivity index (χ1n) is 3.75. The number of ketones is 1. The second-order valence-corrected chi connectivity index (χ2v) is 3.48. The number of Topliss-reactive ketones (excluding diaryl/α,β-unsaturated/α-hetero) is 1. The lowest BCUT2D eigenvalue weighted by atomic mass is 10.1. The van der Waals surface area contributed by atoms with Gasteiger partial charge in [-0.1, -0.05) is 0 Å². The largest absolute Gasteiger partial charge is 0.496 e. The van der Waals surface area contributed by atoms with Gasteiger partial charge in [0.2, 0.25) is 0 Å². The van der Waals surface area contributed by atoms with Gasteiger partial charge in [-0.05, 0) is 6.92 Å². The molecule has 0 bridgehead atoms. The molecule has 1 atom stereocenters. The van der Waals surface area contributed by atoms with Crippen LogP contribution in [-0.4, -0.2) is 12.9 Å². The molecule has 0 aliphatic rings. The Hall–Kier alpha value is -1.34. The van der Waals surface area contributed by atoms with Crippen LogP contribution in [0, 0.1) is 17.2 Å². The van der Waals surface area contributed by atoms with Crippen molar-refractivity contribution in [3.63, 3.8) is 0 Å². The maximum Gasteiger partial charge on any atom is 0.189 e. The minimum atomic E-state index is -0.580. The fourth-order valence-corrected chi connectivity index (χ4v) is 1.71. The number of rotatable bonds is 3. The van der Waals surface area contributed by atoms with Crippen molar-refractivity contribution in [3.05, 3.63) is 16.3 Å². The van der Waals surface area contributed by atoms with Crippen LogP contribution >= 0.6 is 11.3 Å². The third kappa shape index (κ3) is 2.07. The highest BCUT2D eigenvalue weighted by atomic mass is 32.1. The summed E-state index contributed by atoms with van der Waals surface area (Å²) in [6.45, 7) is 1.59. The van der Waals surface area contributed by atoms with E-state index in [-0.39, 0.29) is 5.78 Å². The van der Waals surface area contributed by atoms with E-state index in [1.165, 1.54) is 11.3 Å². The number of ether oxygens (including phenoxy) is 1. The van der Waals surface area contributed by atoms with Crippen molar-refractivity contribution in [3.8, 4) is 11.8 Å². The number of thiophene rings is 1. The second-order valence-electron chi connectivity index (χ2n) is 2.57. The molecule has 1 unspecified atom stereocenters. The lowest BCUT2D eigenvalue weighted by molar-refractivity contribution is 0.0960. The molecule has 68 valence electrons. The van der Waals surface area contributed by atoms with E-state index in [0.717, 1.165) is 0 Å². The summed E-state index contributed by atoms with van der Waals surface area (Å²) in [5.74, 6) is -0.0577. The van der Waals surface area contributed by atoms with Gasteiger partial charge in [0, 0.05) is 11.4 Å². The predicted molar refractivity (Wildman–Crippen MR) is 50.0 cm³/mol. The Kier molecular flexibility index (Phi) is 3.04. The molecule has 0 saturated heterocycles. The number of hydrogen-bond acceptors (Lipinski definition) is 4. The van der Waals surface area contributed by atoms with E-state index < -0.39 is 5.92 Å². The lowest BCUT2D eigenvalue weighted by Crippen LogP contribution is -2.06. The highest BCUT2D eigenvalue weighted by molar-refractivity contribution is 7.12. The summed E-state index contributed by atoms with van der Waals surface area (Å²) in [5.41, 5.74) is 0. The molecule has 0 spiro atoms. The second kappa shape index (κ2) is 4.06. The maximum atomic E-state index is 11.4. The Balaban J connectivity index is 2.84. The topological polar surface area (TPSA) is 50.1 Å². The number of nitriles is 1. The zero-order valence-electron chi connectivity index (χ0n) is 7.40. The van der Waals surface area contributed by atoms with Gasteiger partial charge in [-0.15, -0.1) is 11.3 Å². The summed E-state index contributed by atoms with van der Waals surface area (Å²) in [5, 5.41) is 10.3. The molecule has 4 heteroatoms. The van der Waals surface area contributed by atoms with E-state index in [4.69, 9.17) is 10.00 Å². The van der Waals surface area contributed by atoms with E-state index in [1.54, 1.807) is 25.5 Å². The SMILES string of the molecule is COc1csc(C(=O)C(C)C#N)c1. The first-order valence-corrected chi connectivity index (χ1v) is 4.63. The summed E-state index contributed by atoms with van der Waals surface area (Å²) in [4.78, 5) is 12.0. The predicted octanol–water partition coefficient (Wildman–Crippen LogP) is 2.10. The zero-order valence-corrected chi connectivity index (χ0v) is 8.22. The van der Waals surface area contributed by atoms with Crippen molar-refractivity contribution in [2.24, 2.45) is 5.92 Å². The van der Waals surface area contributed by atoms with Gasteiger partial charge in [0.05, 0.1) is 18.1 Å². The number of hydrogen-bond donors (Lipinski definition) is 0. The van der Waals surface area contributed by atoms with Gasteiger partial charge in [-0.25, -0.2) is 0 Å². The van der Waals surface area contributed by atoms with Crippen LogP contribution in [-0.2, 0) is 0 Å². The molecule has 0 N–H and O–H groups in total. The van der Waals surface area contributed by atoms with Gasteiger partial charge in [0.1, 0.15) is 11.7 Å². The lowest BCUT2D eigenvalue weighted by Gasteiger charge is -1.96. The standard InChI is InChI=1S/C9H9NO2S/c1-6(4-10)9(11)8-3-7(12-2)5-13-8/h3,5-6H,1-2H3. The van der Waals surface area contributed by atoms with Crippen molar-refractivity contribution in [2.45, 2.75) is 6.92 Å². The van der Waals surface area contributed by atoms with E-state index in [0.29, 0.717) is 10.6 Å². The Bertz CT molecular complexity index is 351. The van der Waals surface area contributed by atoms with Gasteiger partial charge >= 0.3 is 0 Å². The summed E-state index contributed by atoms with van der Waals surface area (Å²) in [7, 11) is 1.55. The number of nitrogens with zero attached hydrogens (tertiary/aromatic N) is 1. The molecule has 1 rings (SSSR count). The monoisotopic (exact) mass is 195 g/mol. The van der Waals surface area contributed by atoms with E-state index in [9.17, 15) is 4.79 Å². The summed E-state index contributed by atoms with van der Waals surface area (Å²) < 4.78 is 4.93. The van der Waals surface area contributed by atoms with Gasteiger partial charge in [-0.3, -0.25) is 4.79 Å². The van der Waals surface area contributed by atoms with Crippen molar-refractivity contribution in [1.82, 2.24) is 0 Å². The van der Waals surface area contributed by atoms with Crippen LogP contribution in [0.4, 0.5) is 0 Å². The summed E-state index contributed by atoms with van der Waals surface area (Å²) in [6.07, 6.45) is 0. The Morgan fingerprint density at radius 3 is 2.92 bits per heavy atom. The molecule has 0 fully saturated rings. The van der Waals surface area contributed by atoms with Crippen LogP contribution in [0.5, 0.6) is 5.75 Å². The number of methoxy groups -OCH3 is 1. The van der Waals surface area contributed by atoms with Crippen molar-refractivity contribution in [2.75, 3.05) is 7.11 Å². The first-order chi connectivity index (χ1) is 6.19. The van der Waals surface area contributed by atoms with Gasteiger partial charge in [0.15, 0.2) is 5.78 Å². The number of carbonyl (C=O) groups excluding carboxylic acids is 1. The van der Waals surface area contributed by atoms with Crippen molar-refractivity contribution in [1.29, 1.82) is 5.26 Å². The fourth-order valence-electron chi connectivity index (χ4n) is 0.827. The first kappa shape index (κ1) is 9.75. The highest BCUT2D eigenvalue weighted by Gasteiger charge is 2.16. The minimum absolute atomic E-state index is 0.143. The zero-order chi connectivity index (χ0) is 9.84. The van der Waals surface area contributed by atoms with E-state index in [1.807, 2.05) is 6.07 Å². The molecule has 1 aromatic rings. The Morgan fingerprint density at radius 2 is 2.46 bits per heavy atom. The molecule has 0 amide bonds. The fraction of sp³-hybridized carbons (Fsp3) is 0.333. The molecule has 0 aliphatic carbocycles. The molecule has 3 nitrogen and oxygen atoms in total. The molecular weight excluding hydrogens is 186 g/mol. The molecule has 0 aromatic carbocycles. The van der Waals surface area contributed by atoms with Crippen LogP contribution in [0.1, 0.15) is 16.6 Å². The smallest absolute Gasteiger partial charge is 0.189 e. The van der Waals surface area contributed by atoms with Gasteiger partial charge in [-0.2, -0.15) is 5.26 Å². The molecule has 0 saturated carbocycles. The van der Waals surface area contributed by atoms with Crippen LogP contribution in [0.15, 0.2) is 11.4 Å². The van der Waals surface area contributed by atoms with Crippen LogP contribution in [0.3, 0.4) is 0 Å². The van der Waals surface area contributed by atoms with Crippen molar-refractivity contribution >= 4 is 17.1 Å². The van der Waals surface area contributed by atoms with E-state index in [2.05, 4.69) is 0 Å². The normalized spacial score (nSPS) is 11.8. The molecule has 1 heterocycles. The Labute approximate surface area is 80.6 Å².